The van der Waals surface area contributed by atoms with E-state index in [0.29, 0.717) is 22.4 Å². The van der Waals surface area contributed by atoms with Gasteiger partial charge in [0.15, 0.2) is 0 Å². The van der Waals surface area contributed by atoms with Gasteiger partial charge in [-0.15, -0.1) is 12.6 Å². The first-order valence-corrected chi connectivity index (χ1v) is 11.0. The van der Waals surface area contributed by atoms with Crippen molar-refractivity contribution in [2.45, 2.75) is 23.8 Å². The second kappa shape index (κ2) is 9.10. The predicted molar refractivity (Wildman–Crippen MR) is 124 cm³/mol. The maximum Gasteiger partial charge on any atom is 0.322 e. The molecule has 32 heavy (non-hydrogen) atoms. The molecule has 2 aromatic carbocycles. The minimum absolute atomic E-state index is 0.229. The number of hydrogen-bond donors (Lipinski definition) is 2. The molecule has 0 bridgehead atoms. The third-order valence-electron chi connectivity index (χ3n) is 5.56. The van der Waals surface area contributed by atoms with E-state index < -0.39 is 0 Å². The van der Waals surface area contributed by atoms with Crippen LogP contribution in [0.25, 0.3) is 22.6 Å². The van der Waals surface area contributed by atoms with Gasteiger partial charge in [0.1, 0.15) is 11.6 Å². The second-order valence-corrected chi connectivity index (χ2v) is 8.11. The maximum atomic E-state index is 13.5. The van der Waals surface area contributed by atoms with Gasteiger partial charge in [-0.3, -0.25) is 0 Å². The lowest BCUT2D eigenvalue weighted by atomic mass is 10.0. The van der Waals surface area contributed by atoms with Crippen LogP contribution in [0.3, 0.4) is 0 Å². The van der Waals surface area contributed by atoms with Crippen molar-refractivity contribution in [3.8, 4) is 34.4 Å². The topological polar surface area (TPSA) is 64.9 Å². The van der Waals surface area contributed by atoms with Crippen molar-refractivity contribution in [3.63, 3.8) is 0 Å². The zero-order valence-corrected chi connectivity index (χ0v) is 18.2. The van der Waals surface area contributed by atoms with Crippen molar-refractivity contribution in [2.75, 3.05) is 13.1 Å². The first-order chi connectivity index (χ1) is 15.7. The zero-order chi connectivity index (χ0) is 21.9. The van der Waals surface area contributed by atoms with Crippen LogP contribution in [0.2, 0.25) is 0 Å². The summed E-state index contributed by atoms with van der Waals surface area (Å²) in [5.74, 6) is 0.301. The molecule has 1 N–H and O–H groups in total. The monoisotopic (exact) mass is 447 g/mol. The standard InChI is InChI=1S/C24H22FN5OS/c25-17-7-5-16(6-8-17)22-23(30(15-28-22)18-9-12-26-13-10-18)19-11-14-27-24(29-19)31-20-3-1-2-4-21(20)32/h1-8,11,14-15,18,26,32H,9-10,12-13H2. The molecule has 3 heterocycles. The molecule has 162 valence electrons. The van der Waals surface area contributed by atoms with Gasteiger partial charge < -0.3 is 14.6 Å². The van der Waals surface area contributed by atoms with E-state index in [-0.39, 0.29) is 11.8 Å². The van der Waals surface area contributed by atoms with E-state index in [4.69, 9.17) is 14.7 Å². The summed E-state index contributed by atoms with van der Waals surface area (Å²) < 4.78 is 21.6. The number of rotatable bonds is 5. The van der Waals surface area contributed by atoms with Crippen molar-refractivity contribution in [1.82, 2.24) is 24.8 Å². The Balaban J connectivity index is 1.58. The number of nitrogens with zero attached hydrogens (tertiary/aromatic N) is 4. The molecular weight excluding hydrogens is 425 g/mol. The van der Waals surface area contributed by atoms with Crippen LogP contribution < -0.4 is 10.1 Å². The van der Waals surface area contributed by atoms with Crippen LogP contribution in [0.4, 0.5) is 4.39 Å². The summed E-state index contributed by atoms with van der Waals surface area (Å²) in [6.07, 6.45) is 5.52. The Morgan fingerprint density at radius 2 is 1.78 bits per heavy atom. The smallest absolute Gasteiger partial charge is 0.322 e. The van der Waals surface area contributed by atoms with Gasteiger partial charge in [0.05, 0.1) is 23.4 Å². The van der Waals surface area contributed by atoms with E-state index in [9.17, 15) is 4.39 Å². The highest BCUT2D eigenvalue weighted by atomic mass is 32.1. The number of thiol groups is 1. The quantitative estimate of drug-likeness (QED) is 0.414. The number of nitrogens with one attached hydrogen (secondary N) is 1. The van der Waals surface area contributed by atoms with Gasteiger partial charge in [-0.05, 0) is 68.4 Å². The molecule has 1 fully saturated rings. The van der Waals surface area contributed by atoms with Crippen molar-refractivity contribution >= 4 is 12.6 Å². The summed E-state index contributed by atoms with van der Waals surface area (Å²) in [5, 5.41) is 3.40. The van der Waals surface area contributed by atoms with Crippen LogP contribution in [-0.2, 0) is 0 Å². The Labute approximate surface area is 190 Å². The van der Waals surface area contributed by atoms with E-state index >= 15 is 0 Å². The number of halogens is 1. The number of benzene rings is 2. The number of ether oxygens (including phenoxy) is 1. The number of imidazole rings is 1. The van der Waals surface area contributed by atoms with Gasteiger partial charge in [0.25, 0.3) is 0 Å². The summed E-state index contributed by atoms with van der Waals surface area (Å²) >= 11 is 4.44. The molecule has 0 spiro atoms. The zero-order valence-electron chi connectivity index (χ0n) is 17.3. The largest absolute Gasteiger partial charge is 0.423 e. The first kappa shape index (κ1) is 20.7. The number of piperidine rings is 1. The van der Waals surface area contributed by atoms with Crippen molar-refractivity contribution in [2.24, 2.45) is 0 Å². The Morgan fingerprint density at radius 3 is 2.56 bits per heavy atom. The van der Waals surface area contributed by atoms with Gasteiger partial charge in [0.2, 0.25) is 0 Å². The van der Waals surface area contributed by atoms with E-state index in [1.807, 2.05) is 36.7 Å². The van der Waals surface area contributed by atoms with Crippen molar-refractivity contribution in [3.05, 3.63) is 72.9 Å². The Hall–Kier alpha value is -3.23. The maximum absolute atomic E-state index is 13.5. The van der Waals surface area contributed by atoms with E-state index in [0.717, 1.165) is 42.9 Å². The van der Waals surface area contributed by atoms with Crippen LogP contribution in [0.15, 0.2) is 72.0 Å². The minimum Gasteiger partial charge on any atom is -0.423 e. The van der Waals surface area contributed by atoms with Crippen LogP contribution in [-0.4, -0.2) is 32.6 Å². The summed E-state index contributed by atoms with van der Waals surface area (Å²) in [4.78, 5) is 14.4. The van der Waals surface area contributed by atoms with Crippen molar-refractivity contribution < 1.29 is 9.13 Å². The van der Waals surface area contributed by atoms with Gasteiger partial charge >= 0.3 is 6.01 Å². The molecule has 4 aromatic rings. The average Bonchev–Trinajstić information content (AvgIpc) is 3.27. The lowest BCUT2D eigenvalue weighted by Gasteiger charge is -2.25. The summed E-state index contributed by atoms with van der Waals surface area (Å²) in [7, 11) is 0. The highest BCUT2D eigenvalue weighted by Crippen LogP contribution is 2.35. The molecule has 1 saturated heterocycles. The molecule has 1 aliphatic heterocycles. The van der Waals surface area contributed by atoms with E-state index in [1.165, 1.54) is 12.1 Å². The third kappa shape index (κ3) is 4.24. The molecule has 0 unspecified atom stereocenters. The number of hydrogen-bond acceptors (Lipinski definition) is 6. The van der Waals surface area contributed by atoms with Crippen LogP contribution >= 0.6 is 12.6 Å². The van der Waals surface area contributed by atoms with Crippen LogP contribution in [0.5, 0.6) is 11.8 Å². The fourth-order valence-electron chi connectivity index (χ4n) is 3.96. The SMILES string of the molecule is Fc1ccc(-c2ncn(C3CCNCC3)c2-c2ccnc(Oc3ccccc3S)n2)cc1. The van der Waals surface area contributed by atoms with Crippen molar-refractivity contribution in [1.29, 1.82) is 0 Å². The molecule has 2 aromatic heterocycles. The molecule has 5 rings (SSSR count). The molecule has 0 saturated carbocycles. The molecule has 6 nitrogen and oxygen atoms in total. The van der Waals surface area contributed by atoms with Gasteiger partial charge in [-0.2, -0.15) is 4.98 Å². The highest BCUT2D eigenvalue weighted by molar-refractivity contribution is 7.80. The molecular formula is C24H22FN5OS. The second-order valence-electron chi connectivity index (χ2n) is 7.63. The van der Waals surface area contributed by atoms with Gasteiger partial charge in [-0.25, -0.2) is 14.4 Å². The molecule has 0 atom stereocenters. The Kier molecular flexibility index (Phi) is 5.87. The van der Waals surface area contributed by atoms with E-state index in [2.05, 4.69) is 27.5 Å². The van der Waals surface area contributed by atoms with E-state index in [1.54, 1.807) is 18.3 Å². The third-order valence-corrected chi connectivity index (χ3v) is 5.93. The molecule has 8 heteroatoms. The van der Waals surface area contributed by atoms with Crippen LogP contribution in [0, 0.1) is 5.82 Å². The highest BCUT2D eigenvalue weighted by Gasteiger charge is 2.23. The number of para-hydroxylation sites is 1. The fraction of sp³-hybridized carbons (Fsp3) is 0.208. The lowest BCUT2D eigenvalue weighted by molar-refractivity contribution is 0.370. The number of aromatic nitrogens is 4. The predicted octanol–water partition coefficient (Wildman–Crippen LogP) is 5.15. The average molecular weight is 448 g/mol. The molecule has 0 amide bonds. The molecule has 0 radical (unpaired) electrons. The summed E-state index contributed by atoms with van der Waals surface area (Å²) in [6, 6.07) is 16.2. The fourth-order valence-corrected chi connectivity index (χ4v) is 4.17. The van der Waals surface area contributed by atoms with Gasteiger partial charge in [-0.1, -0.05) is 12.1 Å². The summed E-state index contributed by atoms with van der Waals surface area (Å²) in [5.41, 5.74) is 3.15. The summed E-state index contributed by atoms with van der Waals surface area (Å²) in [6.45, 7) is 1.90. The minimum atomic E-state index is -0.281. The molecule has 0 aliphatic carbocycles. The van der Waals surface area contributed by atoms with Crippen LogP contribution in [0.1, 0.15) is 18.9 Å². The molecule has 1 aliphatic rings. The van der Waals surface area contributed by atoms with Gasteiger partial charge in [0, 0.05) is 22.7 Å². The Morgan fingerprint density at radius 1 is 1.00 bits per heavy atom. The first-order valence-electron chi connectivity index (χ1n) is 10.5. The lowest BCUT2D eigenvalue weighted by Crippen LogP contribution is -2.29. The normalized spacial score (nSPS) is 14.4. The Bertz CT molecular complexity index is 1220.